The molecule has 3 rings (SSSR count). The third kappa shape index (κ3) is 1.82. The average molecular weight is 238 g/mol. The molecule has 0 unspecified atom stereocenters. The molecule has 0 bridgehead atoms. The quantitative estimate of drug-likeness (QED) is 0.745. The first kappa shape index (κ1) is 10.8. The van der Waals surface area contributed by atoms with Crippen molar-refractivity contribution in [3.8, 4) is 0 Å². The minimum Gasteiger partial charge on any atom is -0.384 e. The summed E-state index contributed by atoms with van der Waals surface area (Å²) in [6.45, 7) is 2.78. The molecule has 2 N–H and O–H groups in total. The molecule has 0 aliphatic heterocycles. The SMILES string of the molecule is Cc1nc2ccccc2n1Cc1ccnc(N)c1. The lowest BCUT2D eigenvalue weighted by Gasteiger charge is -2.07. The summed E-state index contributed by atoms with van der Waals surface area (Å²) in [4.78, 5) is 8.55. The molecule has 90 valence electrons. The largest absolute Gasteiger partial charge is 0.384 e. The predicted molar refractivity (Wildman–Crippen MR) is 72.2 cm³/mol. The van der Waals surface area contributed by atoms with Gasteiger partial charge in [0.1, 0.15) is 11.6 Å². The summed E-state index contributed by atoms with van der Waals surface area (Å²) in [7, 11) is 0. The molecule has 4 nitrogen and oxygen atoms in total. The topological polar surface area (TPSA) is 56.7 Å². The van der Waals surface area contributed by atoms with Crippen LogP contribution >= 0.6 is 0 Å². The summed E-state index contributed by atoms with van der Waals surface area (Å²) < 4.78 is 2.18. The number of hydrogen-bond donors (Lipinski definition) is 1. The van der Waals surface area contributed by atoms with E-state index in [0.717, 1.165) is 29.0 Å². The smallest absolute Gasteiger partial charge is 0.123 e. The van der Waals surface area contributed by atoms with Gasteiger partial charge in [-0.05, 0) is 36.8 Å². The number of nitrogen functional groups attached to an aromatic ring is 1. The van der Waals surface area contributed by atoms with E-state index in [2.05, 4.69) is 20.6 Å². The van der Waals surface area contributed by atoms with E-state index in [1.54, 1.807) is 6.20 Å². The Morgan fingerprint density at radius 2 is 2.06 bits per heavy atom. The molecular weight excluding hydrogens is 224 g/mol. The summed E-state index contributed by atoms with van der Waals surface area (Å²) in [5.74, 6) is 1.56. The fraction of sp³-hybridized carbons (Fsp3) is 0.143. The van der Waals surface area contributed by atoms with E-state index >= 15 is 0 Å². The lowest BCUT2D eigenvalue weighted by molar-refractivity contribution is 0.785. The van der Waals surface area contributed by atoms with Gasteiger partial charge >= 0.3 is 0 Å². The highest BCUT2D eigenvalue weighted by Gasteiger charge is 2.07. The van der Waals surface area contributed by atoms with E-state index in [1.165, 1.54) is 0 Å². The van der Waals surface area contributed by atoms with Crippen molar-refractivity contribution >= 4 is 16.9 Å². The maximum Gasteiger partial charge on any atom is 0.123 e. The van der Waals surface area contributed by atoms with Crippen molar-refractivity contribution in [3.63, 3.8) is 0 Å². The predicted octanol–water partition coefficient (Wildman–Crippen LogP) is 2.37. The van der Waals surface area contributed by atoms with Crippen LogP contribution < -0.4 is 5.73 Å². The fourth-order valence-corrected chi connectivity index (χ4v) is 2.17. The summed E-state index contributed by atoms with van der Waals surface area (Å²) in [6, 6.07) is 12.0. The molecule has 4 heteroatoms. The van der Waals surface area contributed by atoms with Crippen molar-refractivity contribution < 1.29 is 0 Å². The van der Waals surface area contributed by atoms with Gasteiger partial charge in [-0.3, -0.25) is 0 Å². The maximum absolute atomic E-state index is 5.70. The molecule has 0 aliphatic carbocycles. The summed E-state index contributed by atoms with van der Waals surface area (Å²) >= 11 is 0. The van der Waals surface area contributed by atoms with Crippen LogP contribution in [0.2, 0.25) is 0 Å². The number of fused-ring (bicyclic) bond motifs is 1. The van der Waals surface area contributed by atoms with E-state index < -0.39 is 0 Å². The molecule has 1 aromatic carbocycles. The first-order chi connectivity index (χ1) is 8.74. The van der Waals surface area contributed by atoms with Crippen molar-refractivity contribution in [1.29, 1.82) is 0 Å². The lowest BCUT2D eigenvalue weighted by atomic mass is 10.2. The first-order valence-corrected chi connectivity index (χ1v) is 5.86. The summed E-state index contributed by atoms with van der Waals surface area (Å²) in [5.41, 5.74) is 9.00. The molecule has 3 aromatic rings. The molecule has 0 atom stereocenters. The van der Waals surface area contributed by atoms with E-state index in [4.69, 9.17) is 5.73 Å². The Kier molecular flexibility index (Phi) is 2.48. The molecule has 18 heavy (non-hydrogen) atoms. The van der Waals surface area contributed by atoms with Crippen molar-refractivity contribution in [2.24, 2.45) is 0 Å². The Balaban J connectivity index is 2.07. The first-order valence-electron chi connectivity index (χ1n) is 5.86. The number of aryl methyl sites for hydroxylation is 1. The second-order valence-electron chi connectivity index (χ2n) is 4.32. The van der Waals surface area contributed by atoms with Gasteiger partial charge in [-0.2, -0.15) is 0 Å². The minimum absolute atomic E-state index is 0.551. The number of pyridine rings is 1. The summed E-state index contributed by atoms with van der Waals surface area (Å²) in [6.07, 6.45) is 1.74. The number of hydrogen-bond acceptors (Lipinski definition) is 3. The Labute approximate surface area is 105 Å². The standard InChI is InChI=1S/C14H14N4/c1-10-17-12-4-2-3-5-13(12)18(10)9-11-6-7-16-14(15)8-11/h2-8H,9H2,1H3,(H2,15,16). The molecule has 2 heterocycles. The van der Waals surface area contributed by atoms with Crippen molar-refractivity contribution in [2.75, 3.05) is 5.73 Å². The van der Waals surface area contributed by atoms with E-state index in [9.17, 15) is 0 Å². The molecule has 0 radical (unpaired) electrons. The van der Waals surface area contributed by atoms with Gasteiger partial charge in [-0.25, -0.2) is 9.97 Å². The fourth-order valence-electron chi connectivity index (χ4n) is 2.17. The van der Waals surface area contributed by atoms with Gasteiger partial charge < -0.3 is 10.3 Å². The van der Waals surface area contributed by atoms with Gasteiger partial charge in [-0.15, -0.1) is 0 Å². The third-order valence-electron chi connectivity index (χ3n) is 3.03. The van der Waals surface area contributed by atoms with Gasteiger partial charge in [0.15, 0.2) is 0 Å². The molecule has 0 saturated heterocycles. The number of imidazole rings is 1. The second kappa shape index (κ2) is 4.14. The monoisotopic (exact) mass is 238 g/mol. The maximum atomic E-state index is 5.70. The van der Waals surface area contributed by atoms with E-state index in [0.29, 0.717) is 5.82 Å². The van der Waals surface area contributed by atoms with Crippen LogP contribution in [0.15, 0.2) is 42.6 Å². The van der Waals surface area contributed by atoms with Gasteiger partial charge in [-0.1, -0.05) is 12.1 Å². The van der Waals surface area contributed by atoms with E-state index in [-0.39, 0.29) is 0 Å². The summed E-state index contributed by atoms with van der Waals surface area (Å²) in [5, 5.41) is 0. The Hall–Kier alpha value is -2.36. The van der Waals surface area contributed by atoms with Crippen LogP contribution in [0.5, 0.6) is 0 Å². The van der Waals surface area contributed by atoms with Crippen LogP contribution in [0.4, 0.5) is 5.82 Å². The number of anilines is 1. The minimum atomic E-state index is 0.551. The Bertz CT molecular complexity index is 700. The zero-order valence-corrected chi connectivity index (χ0v) is 10.2. The van der Waals surface area contributed by atoms with Gasteiger partial charge in [0, 0.05) is 12.7 Å². The average Bonchev–Trinajstić information content (AvgIpc) is 2.66. The molecule has 0 saturated carbocycles. The van der Waals surface area contributed by atoms with Gasteiger partial charge in [0.05, 0.1) is 11.0 Å². The van der Waals surface area contributed by atoms with Crippen LogP contribution in [0.3, 0.4) is 0 Å². The van der Waals surface area contributed by atoms with Crippen LogP contribution in [-0.4, -0.2) is 14.5 Å². The molecule has 0 aliphatic rings. The van der Waals surface area contributed by atoms with Gasteiger partial charge in [0.25, 0.3) is 0 Å². The molecular formula is C14H14N4. The zero-order valence-electron chi connectivity index (χ0n) is 10.2. The highest BCUT2D eigenvalue weighted by Crippen LogP contribution is 2.17. The molecule has 2 aromatic heterocycles. The normalized spacial score (nSPS) is 10.9. The highest BCUT2D eigenvalue weighted by molar-refractivity contribution is 5.75. The number of nitrogens with two attached hydrogens (primary N) is 1. The Morgan fingerprint density at radius 3 is 2.89 bits per heavy atom. The number of rotatable bonds is 2. The number of benzene rings is 1. The van der Waals surface area contributed by atoms with Crippen molar-refractivity contribution in [1.82, 2.24) is 14.5 Å². The van der Waals surface area contributed by atoms with Crippen LogP contribution in [0, 0.1) is 6.92 Å². The molecule has 0 amide bonds. The number of para-hydroxylation sites is 2. The van der Waals surface area contributed by atoms with E-state index in [1.807, 2.05) is 37.3 Å². The number of aromatic nitrogens is 3. The van der Waals surface area contributed by atoms with Crippen LogP contribution in [0.1, 0.15) is 11.4 Å². The van der Waals surface area contributed by atoms with Crippen molar-refractivity contribution in [2.45, 2.75) is 13.5 Å². The highest BCUT2D eigenvalue weighted by atomic mass is 15.1. The Morgan fingerprint density at radius 1 is 1.22 bits per heavy atom. The molecule has 0 spiro atoms. The van der Waals surface area contributed by atoms with Crippen LogP contribution in [-0.2, 0) is 6.54 Å². The van der Waals surface area contributed by atoms with Gasteiger partial charge in [0.2, 0.25) is 0 Å². The van der Waals surface area contributed by atoms with Crippen LogP contribution in [0.25, 0.3) is 11.0 Å². The van der Waals surface area contributed by atoms with Crippen molar-refractivity contribution in [3.05, 3.63) is 54.0 Å². The lowest BCUT2D eigenvalue weighted by Crippen LogP contribution is -2.03. The third-order valence-corrected chi connectivity index (χ3v) is 3.03. The second-order valence-corrected chi connectivity index (χ2v) is 4.32. The zero-order chi connectivity index (χ0) is 12.5. The number of nitrogens with zero attached hydrogens (tertiary/aromatic N) is 3. The molecule has 0 fully saturated rings.